The van der Waals surface area contributed by atoms with Crippen molar-refractivity contribution in [1.82, 2.24) is 34.4 Å². The molecule has 294 valence electrons. The number of hydrogen-bond acceptors (Lipinski definition) is 9. The normalized spacial score (nSPS) is 19.2. The third-order valence-electron chi connectivity index (χ3n) is 11.5. The molecule has 4 aromatic rings. The number of carboxylic acids is 1. The minimum Gasteiger partial charge on any atom is -0.478 e. The minimum absolute atomic E-state index is 0.0260. The molecule has 1 saturated heterocycles. The second-order valence-electron chi connectivity index (χ2n) is 15.3. The van der Waals surface area contributed by atoms with Crippen LogP contribution in [0.2, 0.25) is 0 Å². The van der Waals surface area contributed by atoms with E-state index in [9.17, 15) is 18.4 Å². The summed E-state index contributed by atoms with van der Waals surface area (Å²) < 4.78 is 38.3. The van der Waals surface area contributed by atoms with Crippen molar-refractivity contribution < 1.29 is 28.2 Å². The predicted molar refractivity (Wildman–Crippen MR) is 203 cm³/mol. The zero-order valence-electron chi connectivity index (χ0n) is 31.9. The number of alkyl halides is 2. The first kappa shape index (κ1) is 38.4. The maximum absolute atomic E-state index is 14.0. The number of carboxylic acid groups (broad SMARTS) is 1. The lowest BCUT2D eigenvalue weighted by Crippen LogP contribution is -2.38. The first-order valence-corrected chi connectivity index (χ1v) is 19.5. The second kappa shape index (κ2) is 16.8. The molecule has 0 bridgehead atoms. The van der Waals surface area contributed by atoms with E-state index in [2.05, 4.69) is 30.0 Å². The first-order chi connectivity index (χ1) is 26.5. The fraction of sp³-hybridized carbons (Fsp3) is 0.550. The molecule has 0 radical (unpaired) electrons. The number of hydrogen-bond donors (Lipinski definition) is 2. The Morgan fingerprint density at radius 3 is 2.44 bits per heavy atom. The number of anilines is 2. The van der Waals surface area contributed by atoms with Crippen molar-refractivity contribution in [1.29, 1.82) is 0 Å². The molecule has 55 heavy (non-hydrogen) atoms. The number of ether oxygens (including phenoxy) is 1. The van der Waals surface area contributed by atoms with Crippen LogP contribution in [0.15, 0.2) is 36.9 Å². The number of nitrogens with zero attached hydrogens (tertiary/aromatic N) is 8. The summed E-state index contributed by atoms with van der Waals surface area (Å²) in [4.78, 5) is 35.9. The van der Waals surface area contributed by atoms with E-state index >= 15 is 0 Å². The van der Waals surface area contributed by atoms with Crippen LogP contribution in [-0.2, 0) is 36.0 Å². The van der Waals surface area contributed by atoms with Gasteiger partial charge in [-0.3, -0.25) is 14.2 Å². The van der Waals surface area contributed by atoms with Crippen LogP contribution in [0.1, 0.15) is 103 Å². The lowest BCUT2D eigenvalue weighted by Gasteiger charge is -2.34. The van der Waals surface area contributed by atoms with Crippen molar-refractivity contribution in [3.63, 3.8) is 0 Å². The highest BCUT2D eigenvalue weighted by Gasteiger charge is 2.32. The molecule has 0 spiro atoms. The van der Waals surface area contributed by atoms with Gasteiger partial charge in [0.05, 0.1) is 30.5 Å². The van der Waals surface area contributed by atoms with Crippen LogP contribution in [0.25, 0.3) is 11.1 Å². The van der Waals surface area contributed by atoms with Crippen LogP contribution < -0.4 is 10.2 Å². The van der Waals surface area contributed by atoms with Crippen molar-refractivity contribution in [2.45, 2.75) is 96.8 Å². The Bertz CT molecular complexity index is 1970. The Balaban J connectivity index is 0.930. The first-order valence-electron chi connectivity index (χ1n) is 19.5. The monoisotopic (exact) mass is 759 g/mol. The van der Waals surface area contributed by atoms with E-state index in [0.29, 0.717) is 48.7 Å². The van der Waals surface area contributed by atoms with E-state index in [1.165, 1.54) is 18.1 Å². The summed E-state index contributed by atoms with van der Waals surface area (Å²) in [5.74, 6) is 0.915. The van der Waals surface area contributed by atoms with Crippen molar-refractivity contribution in [3.05, 3.63) is 70.4 Å². The molecular weight excluding hydrogens is 708 g/mol. The average molecular weight is 760 g/mol. The van der Waals surface area contributed by atoms with Gasteiger partial charge in [0.1, 0.15) is 0 Å². The number of nitrogens with one attached hydrogen (secondary N) is 1. The molecule has 1 aromatic carbocycles. The third kappa shape index (κ3) is 8.82. The highest BCUT2D eigenvalue weighted by Crippen LogP contribution is 2.38. The molecule has 13 nitrogen and oxygen atoms in total. The van der Waals surface area contributed by atoms with Gasteiger partial charge in [0.2, 0.25) is 11.9 Å². The maximum atomic E-state index is 14.0. The highest BCUT2D eigenvalue weighted by atomic mass is 19.3. The number of aromatic nitrogens is 6. The molecule has 1 amide bonds. The number of rotatable bonds is 13. The average Bonchev–Trinajstić information content (AvgIpc) is 3.79. The standard InChI is InChI=1S/C40H51F2N9O4/c1-25-17-34(37(41)42)33(30-21-46-48(3)22-30)18-28(25)5-4-13-43-38-35-23-50(26(2)52)16-12-36(35)51(47-38)31-8-6-27(7-9-31)24-55-32-10-14-49(15-11-32)40-44-19-29(20-45-40)39(53)54/h17-22,27,31-32,37H,4-16,23-24H2,1-3H3,(H,43,47)(H,53,54). The number of carbonyl (C=O) groups is 2. The molecule has 15 heteroatoms. The van der Waals surface area contributed by atoms with Crippen molar-refractivity contribution in [3.8, 4) is 11.1 Å². The molecule has 5 heterocycles. The molecule has 1 aliphatic carbocycles. The largest absolute Gasteiger partial charge is 0.478 e. The van der Waals surface area contributed by atoms with E-state index in [1.54, 1.807) is 37.1 Å². The number of amides is 1. The quantitative estimate of drug-likeness (QED) is 0.147. The lowest BCUT2D eigenvalue weighted by molar-refractivity contribution is -0.129. The number of fused-ring (bicyclic) bond motifs is 1. The summed E-state index contributed by atoms with van der Waals surface area (Å²) >= 11 is 0. The second-order valence-corrected chi connectivity index (χ2v) is 15.3. The Kier molecular flexibility index (Phi) is 11.7. The van der Waals surface area contributed by atoms with E-state index in [-0.39, 0.29) is 23.1 Å². The van der Waals surface area contributed by atoms with Gasteiger partial charge < -0.3 is 25.0 Å². The number of halogens is 2. The number of benzene rings is 1. The van der Waals surface area contributed by atoms with Gasteiger partial charge >= 0.3 is 5.97 Å². The Morgan fingerprint density at radius 1 is 1.04 bits per heavy atom. The minimum atomic E-state index is -2.57. The predicted octanol–water partition coefficient (Wildman–Crippen LogP) is 6.38. The Morgan fingerprint density at radius 2 is 1.78 bits per heavy atom. The molecule has 2 N–H and O–H groups in total. The van der Waals surface area contributed by atoms with Crippen molar-refractivity contribution in [2.24, 2.45) is 13.0 Å². The SMILES string of the molecule is CC(=O)N1CCc2c(c(NCCCc3cc(-c4cnn(C)c4)c(C(F)F)cc3C)nn2C2CCC(COC3CCN(c4ncc(C(=O)O)cn4)CC3)CC2)C1. The summed E-state index contributed by atoms with van der Waals surface area (Å²) in [7, 11) is 1.78. The Hall–Kier alpha value is -4.92. The van der Waals surface area contributed by atoms with Crippen molar-refractivity contribution in [2.75, 3.05) is 43.0 Å². The van der Waals surface area contributed by atoms with Gasteiger partial charge in [0.25, 0.3) is 6.43 Å². The molecule has 3 aliphatic rings. The summed E-state index contributed by atoms with van der Waals surface area (Å²) in [6.07, 6.45) is 11.9. The molecule has 2 aliphatic heterocycles. The van der Waals surface area contributed by atoms with Crippen LogP contribution in [0.5, 0.6) is 0 Å². The number of aryl methyl sites for hydroxylation is 3. The topological polar surface area (TPSA) is 144 Å². The molecule has 0 unspecified atom stereocenters. The Labute approximate surface area is 320 Å². The molecular formula is C40H51F2N9O4. The summed E-state index contributed by atoms with van der Waals surface area (Å²) in [5, 5.41) is 22.0. The van der Waals surface area contributed by atoms with Crippen molar-refractivity contribution >= 4 is 23.6 Å². The molecule has 1 saturated carbocycles. The smallest absolute Gasteiger partial charge is 0.338 e. The van der Waals surface area contributed by atoms with Gasteiger partial charge in [-0.2, -0.15) is 10.2 Å². The van der Waals surface area contributed by atoms with Crippen LogP contribution in [0.3, 0.4) is 0 Å². The van der Waals surface area contributed by atoms with Gasteiger partial charge in [0, 0.05) is 94.2 Å². The fourth-order valence-electron chi connectivity index (χ4n) is 8.33. The molecule has 7 rings (SSSR count). The van der Waals surface area contributed by atoms with E-state index in [4.69, 9.17) is 14.9 Å². The number of aromatic carboxylic acids is 1. The number of piperidine rings is 1. The van der Waals surface area contributed by atoms with E-state index in [1.807, 2.05) is 17.9 Å². The van der Waals surface area contributed by atoms with Gasteiger partial charge in [-0.15, -0.1) is 0 Å². The van der Waals surface area contributed by atoms with Crippen LogP contribution >= 0.6 is 0 Å². The highest BCUT2D eigenvalue weighted by molar-refractivity contribution is 5.86. The third-order valence-corrected chi connectivity index (χ3v) is 11.5. The van der Waals surface area contributed by atoms with Gasteiger partial charge in [0.15, 0.2) is 5.82 Å². The van der Waals surface area contributed by atoms with Crippen LogP contribution in [0, 0.1) is 12.8 Å². The van der Waals surface area contributed by atoms with Gasteiger partial charge in [-0.1, -0.05) is 6.07 Å². The molecule has 2 fully saturated rings. The zero-order chi connectivity index (χ0) is 38.6. The van der Waals surface area contributed by atoms with Crippen LogP contribution in [-0.4, -0.2) is 90.3 Å². The summed E-state index contributed by atoms with van der Waals surface area (Å²) in [6.45, 7) is 7.68. The molecule has 3 aromatic heterocycles. The van der Waals surface area contributed by atoms with Gasteiger partial charge in [-0.25, -0.2) is 23.5 Å². The zero-order valence-corrected chi connectivity index (χ0v) is 31.9. The fourth-order valence-corrected chi connectivity index (χ4v) is 8.33. The van der Waals surface area contributed by atoms with Gasteiger partial charge in [-0.05, 0) is 87.0 Å². The number of carbonyl (C=O) groups excluding carboxylic acids is 1. The van der Waals surface area contributed by atoms with Crippen LogP contribution in [0.4, 0.5) is 20.5 Å². The van der Waals surface area contributed by atoms with E-state index in [0.717, 1.165) is 100.0 Å². The summed E-state index contributed by atoms with van der Waals surface area (Å²) in [6, 6.07) is 3.79. The molecule has 0 atom stereocenters. The summed E-state index contributed by atoms with van der Waals surface area (Å²) in [5.41, 5.74) is 5.51. The maximum Gasteiger partial charge on any atom is 0.338 e. The van der Waals surface area contributed by atoms with E-state index < -0.39 is 12.4 Å². The lowest BCUT2D eigenvalue weighted by atomic mass is 9.86.